The van der Waals surface area contributed by atoms with Gasteiger partial charge in [0, 0.05) is 0 Å². The van der Waals surface area contributed by atoms with Gasteiger partial charge >= 0.3 is 12.7 Å². The fraction of sp³-hybridized carbons (Fsp3) is 0.300. The average molecular weight is 271 g/mol. The van der Waals surface area contributed by atoms with Gasteiger partial charge in [0.15, 0.2) is 10.5 Å². The van der Waals surface area contributed by atoms with Crippen molar-refractivity contribution in [3.8, 4) is 5.75 Å². The third-order valence-corrected chi connectivity index (χ3v) is 3.78. The van der Waals surface area contributed by atoms with E-state index in [1.807, 2.05) is 0 Å². The number of aryl methyl sites for hydroxylation is 1. The lowest BCUT2D eigenvalue weighted by molar-refractivity contribution is 0.0689. The van der Waals surface area contributed by atoms with Crippen LogP contribution in [0.2, 0.25) is 6.32 Å². The van der Waals surface area contributed by atoms with Crippen molar-refractivity contribution in [2.45, 2.75) is 17.6 Å². The normalized spacial score (nSPS) is 18.7. The van der Waals surface area contributed by atoms with Crippen LogP contribution in [0.15, 0.2) is 17.0 Å². The van der Waals surface area contributed by atoms with E-state index in [2.05, 4.69) is 0 Å². The Balaban J connectivity index is 2.62. The second-order valence-electron chi connectivity index (χ2n) is 4.20. The fourth-order valence-corrected chi connectivity index (χ4v) is 2.70. The van der Waals surface area contributed by atoms with Crippen molar-refractivity contribution in [3.63, 3.8) is 0 Å². The van der Waals surface area contributed by atoms with Crippen LogP contribution in [0.4, 0.5) is 0 Å². The predicted octanol–water partition coefficient (Wildman–Crippen LogP) is -0.0194. The number of aromatic carboxylic acids is 1. The smallest absolute Gasteiger partial charge is 0.430 e. The summed E-state index contributed by atoms with van der Waals surface area (Å²) in [6, 6.07) is 3.07. The Kier molecular flexibility index (Phi) is 3.28. The van der Waals surface area contributed by atoms with Crippen LogP contribution in [0.25, 0.3) is 0 Å². The standard InChI is InChI=1S/C10H12BO6S/c1-18(16)7-3-2-6-4-5-11(14,15)17-9(6)8(7)10(12)13/h2-3,14-15H,4-5H2,1H3,(H,12,13)/q-1. The summed E-state index contributed by atoms with van der Waals surface area (Å²) in [6.07, 6.45) is 1.67. The molecule has 0 bridgehead atoms. The van der Waals surface area contributed by atoms with Crippen LogP contribution < -0.4 is 4.65 Å². The molecule has 1 unspecified atom stereocenters. The summed E-state index contributed by atoms with van der Waals surface area (Å²) in [6.45, 7) is -3.04. The summed E-state index contributed by atoms with van der Waals surface area (Å²) >= 11 is -1.50. The molecular weight excluding hydrogens is 259 g/mol. The van der Waals surface area contributed by atoms with E-state index in [9.17, 15) is 19.4 Å². The molecule has 0 radical (unpaired) electrons. The maximum Gasteiger partial charge on any atom is 0.430 e. The Bertz CT molecular complexity index is 501. The molecule has 0 saturated heterocycles. The molecule has 0 saturated carbocycles. The summed E-state index contributed by atoms with van der Waals surface area (Å²) in [5, 5.41) is 28.1. The Hall–Kier alpha value is -1.22. The minimum absolute atomic E-state index is 0.0145. The summed E-state index contributed by atoms with van der Waals surface area (Å²) in [5.74, 6) is -1.39. The Morgan fingerprint density at radius 1 is 1.50 bits per heavy atom. The van der Waals surface area contributed by atoms with Gasteiger partial charge in [-0.15, -0.1) is 0 Å². The maximum absolute atomic E-state index is 11.5. The molecule has 1 aromatic rings. The highest BCUT2D eigenvalue weighted by Crippen LogP contribution is 2.36. The molecule has 2 rings (SSSR count). The molecule has 3 N–H and O–H groups in total. The monoisotopic (exact) mass is 271 g/mol. The molecule has 0 aromatic heterocycles. The highest BCUT2D eigenvalue weighted by Gasteiger charge is 2.34. The molecule has 0 fully saturated rings. The number of hydrogen-bond acceptors (Lipinski definition) is 5. The molecule has 0 aliphatic carbocycles. The lowest BCUT2D eigenvalue weighted by atomic mass is 9.70. The zero-order valence-electron chi connectivity index (χ0n) is 9.62. The number of rotatable bonds is 2. The summed E-state index contributed by atoms with van der Waals surface area (Å²) < 4.78 is 16.5. The first kappa shape index (κ1) is 13.2. The average Bonchev–Trinajstić information content (AvgIpc) is 2.25. The van der Waals surface area contributed by atoms with Gasteiger partial charge in [-0.25, -0.2) is 4.79 Å². The highest BCUT2D eigenvalue weighted by molar-refractivity contribution is 7.90. The van der Waals surface area contributed by atoms with Crippen LogP contribution in [0.1, 0.15) is 15.9 Å². The quantitative estimate of drug-likeness (QED) is 0.515. The van der Waals surface area contributed by atoms with Crippen molar-refractivity contribution >= 4 is 23.9 Å². The molecule has 0 amide bonds. The summed E-state index contributed by atoms with van der Waals surface area (Å²) in [4.78, 5) is 11.3. The summed E-state index contributed by atoms with van der Waals surface area (Å²) in [7, 11) is 0. The predicted molar refractivity (Wildman–Crippen MR) is 65.1 cm³/mol. The van der Waals surface area contributed by atoms with Gasteiger partial charge in [-0.3, -0.25) is 0 Å². The second-order valence-corrected chi connectivity index (χ2v) is 5.55. The van der Waals surface area contributed by atoms with Crippen molar-refractivity contribution < 1.29 is 29.2 Å². The fourth-order valence-electron chi connectivity index (χ4n) is 1.97. The SMILES string of the molecule is C[S+]([O-])c1ccc2c(c1C(=O)O)O[B-](O)(O)CC2. The van der Waals surface area contributed by atoms with Crippen LogP contribution in [0, 0.1) is 0 Å². The van der Waals surface area contributed by atoms with Gasteiger partial charge in [0.2, 0.25) is 0 Å². The van der Waals surface area contributed by atoms with E-state index >= 15 is 0 Å². The van der Waals surface area contributed by atoms with Gasteiger partial charge < -0.3 is 24.4 Å². The first-order chi connectivity index (χ1) is 8.32. The minimum Gasteiger partial charge on any atom is -0.669 e. The molecule has 1 heterocycles. The van der Waals surface area contributed by atoms with E-state index < -0.39 is 23.9 Å². The number of carbonyl (C=O) groups is 1. The van der Waals surface area contributed by atoms with E-state index in [1.54, 1.807) is 6.07 Å². The number of carboxylic acids is 1. The molecule has 98 valence electrons. The van der Waals surface area contributed by atoms with Crippen LogP contribution >= 0.6 is 0 Å². The van der Waals surface area contributed by atoms with Crippen molar-refractivity contribution in [2.75, 3.05) is 6.26 Å². The summed E-state index contributed by atoms with van der Waals surface area (Å²) in [5.41, 5.74) is 0.310. The third-order valence-electron chi connectivity index (χ3n) is 2.82. The van der Waals surface area contributed by atoms with Gasteiger partial charge in [0.25, 0.3) is 0 Å². The molecule has 1 aliphatic heterocycles. The lowest BCUT2D eigenvalue weighted by Gasteiger charge is -2.37. The van der Waals surface area contributed by atoms with Crippen LogP contribution in [0.5, 0.6) is 5.75 Å². The Morgan fingerprint density at radius 2 is 2.17 bits per heavy atom. The van der Waals surface area contributed by atoms with Gasteiger partial charge in [-0.1, -0.05) is 12.4 Å². The molecule has 1 aromatic carbocycles. The molecule has 1 aliphatic rings. The van der Waals surface area contributed by atoms with Gasteiger partial charge in [0.05, 0.1) is 5.75 Å². The van der Waals surface area contributed by atoms with E-state index in [1.165, 1.54) is 12.3 Å². The van der Waals surface area contributed by atoms with Gasteiger partial charge in [-0.2, -0.15) is 0 Å². The lowest BCUT2D eigenvalue weighted by Crippen LogP contribution is -2.45. The molecule has 6 nitrogen and oxygen atoms in total. The maximum atomic E-state index is 11.5. The number of fused-ring (bicyclic) bond motifs is 1. The first-order valence-electron chi connectivity index (χ1n) is 5.34. The third kappa shape index (κ3) is 2.32. The highest BCUT2D eigenvalue weighted by atomic mass is 32.2. The van der Waals surface area contributed by atoms with Crippen LogP contribution in [-0.2, 0) is 17.6 Å². The van der Waals surface area contributed by atoms with Gasteiger partial charge in [-0.05, 0) is 29.2 Å². The minimum atomic E-state index is -3.04. The van der Waals surface area contributed by atoms with E-state index in [4.69, 9.17) is 9.76 Å². The van der Waals surface area contributed by atoms with Crippen molar-refractivity contribution in [1.82, 2.24) is 0 Å². The molecule has 0 spiro atoms. The van der Waals surface area contributed by atoms with Crippen molar-refractivity contribution in [3.05, 3.63) is 23.3 Å². The van der Waals surface area contributed by atoms with Crippen LogP contribution in [0.3, 0.4) is 0 Å². The largest absolute Gasteiger partial charge is 0.669 e. The van der Waals surface area contributed by atoms with E-state index in [-0.39, 0.29) is 22.5 Å². The van der Waals surface area contributed by atoms with Gasteiger partial charge in [0.1, 0.15) is 6.26 Å². The zero-order chi connectivity index (χ0) is 13.5. The Morgan fingerprint density at radius 3 is 2.72 bits per heavy atom. The van der Waals surface area contributed by atoms with Crippen molar-refractivity contribution in [1.29, 1.82) is 0 Å². The number of hydrogen-bond donors (Lipinski definition) is 3. The van der Waals surface area contributed by atoms with E-state index in [0.29, 0.717) is 12.0 Å². The zero-order valence-corrected chi connectivity index (χ0v) is 10.4. The molecule has 8 heteroatoms. The second kappa shape index (κ2) is 4.47. The first-order valence-corrected chi connectivity index (χ1v) is 6.89. The molecule has 18 heavy (non-hydrogen) atoms. The molecule has 1 atom stereocenters. The number of carboxylic acid groups (broad SMARTS) is 1. The Labute approximate surface area is 106 Å². The molecular formula is C10H12BO6S-. The van der Waals surface area contributed by atoms with Crippen molar-refractivity contribution in [2.24, 2.45) is 0 Å². The topological polar surface area (TPSA) is 110 Å². The van der Waals surface area contributed by atoms with E-state index in [0.717, 1.165) is 0 Å². The van der Waals surface area contributed by atoms with Crippen LogP contribution in [-0.4, -0.2) is 38.7 Å². The number of benzene rings is 1.